The first-order valence-electron chi connectivity index (χ1n) is 13.0. The van der Waals surface area contributed by atoms with Crippen LogP contribution in [0.25, 0.3) is 10.4 Å². The average molecular weight is 520 g/mol. The van der Waals surface area contributed by atoms with Crippen LogP contribution >= 0.6 is 0 Å². The molecule has 2 aliphatic carbocycles. The number of rotatable bonds is 6. The molecule has 2 atom stereocenters. The summed E-state index contributed by atoms with van der Waals surface area (Å²) in [5.41, 5.74) is 10.4. The fourth-order valence-corrected chi connectivity index (χ4v) is 31.8. The Morgan fingerprint density at radius 3 is 1.50 bits per heavy atom. The molecule has 2 unspecified atom stereocenters. The summed E-state index contributed by atoms with van der Waals surface area (Å²) in [4.78, 5) is 0. The number of hydrogen-bond acceptors (Lipinski definition) is 0. The SMILES string of the molecule is CCC[CH2][Zr]1([CH2]CCC)[CH]2C(C)=C(c3ccccc32)[Si](C)(C)C2=C(C)[CH]1c1ccccc12. The summed E-state index contributed by atoms with van der Waals surface area (Å²) in [7, 11) is -1.81. The van der Waals surface area contributed by atoms with E-state index in [0.29, 0.717) is 0 Å². The maximum absolute atomic E-state index is 2.81. The number of allylic oxidation sites excluding steroid dienone is 2. The maximum atomic E-state index is 2.66. The minimum atomic E-state index is -2.81. The van der Waals surface area contributed by atoms with Gasteiger partial charge in [-0.3, -0.25) is 0 Å². The van der Waals surface area contributed by atoms with Gasteiger partial charge in [0.1, 0.15) is 0 Å². The van der Waals surface area contributed by atoms with Crippen molar-refractivity contribution >= 4 is 18.5 Å². The molecule has 0 aromatic heterocycles. The van der Waals surface area contributed by atoms with Gasteiger partial charge in [-0.05, 0) is 0 Å². The van der Waals surface area contributed by atoms with Gasteiger partial charge in [0, 0.05) is 0 Å². The van der Waals surface area contributed by atoms with Crippen molar-refractivity contribution in [1.82, 2.24) is 0 Å². The Kier molecular flexibility index (Phi) is 5.95. The van der Waals surface area contributed by atoms with E-state index < -0.39 is 28.3 Å². The van der Waals surface area contributed by atoms with Gasteiger partial charge < -0.3 is 0 Å². The summed E-state index contributed by atoms with van der Waals surface area (Å²) in [6, 6.07) is 19.3. The van der Waals surface area contributed by atoms with E-state index in [0.717, 1.165) is 7.25 Å². The standard InChI is InChI=1S/C22H22Si.2C4H9.Zr/c1-15-13-17-9-5-7-11-19(17)21(15)23(3,4)22-16(2)14-18-10-6-8-12-20(18)22;2*1-3-4-2;/h5-14H,1-4H3;2*1,3-4H2,2H3;. The van der Waals surface area contributed by atoms with Gasteiger partial charge in [-0.1, -0.05) is 0 Å². The minimum absolute atomic E-state index is 0.771. The number of benzene rings is 2. The van der Waals surface area contributed by atoms with Crippen LogP contribution in [0.4, 0.5) is 0 Å². The van der Waals surface area contributed by atoms with Crippen molar-refractivity contribution in [2.24, 2.45) is 0 Å². The normalized spacial score (nSPS) is 24.3. The molecule has 0 fully saturated rings. The van der Waals surface area contributed by atoms with E-state index in [9.17, 15) is 0 Å². The molecule has 2 heteroatoms. The van der Waals surface area contributed by atoms with E-state index >= 15 is 0 Å². The van der Waals surface area contributed by atoms with Crippen molar-refractivity contribution in [3.63, 3.8) is 0 Å². The third-order valence-corrected chi connectivity index (χ3v) is 28.6. The molecule has 2 aromatic carbocycles. The molecule has 5 rings (SSSR count). The van der Waals surface area contributed by atoms with Crippen LogP contribution in [0.2, 0.25) is 21.4 Å². The van der Waals surface area contributed by atoms with Gasteiger partial charge in [-0.25, -0.2) is 0 Å². The fourth-order valence-electron chi connectivity index (χ4n) is 8.28. The van der Waals surface area contributed by atoms with Crippen molar-refractivity contribution in [1.29, 1.82) is 0 Å². The second-order valence-electron chi connectivity index (χ2n) is 11.2. The van der Waals surface area contributed by atoms with Gasteiger partial charge in [-0.2, -0.15) is 0 Å². The van der Waals surface area contributed by atoms with Crippen molar-refractivity contribution in [2.75, 3.05) is 0 Å². The molecule has 168 valence electrons. The molecule has 0 saturated heterocycles. The summed E-state index contributed by atoms with van der Waals surface area (Å²) in [5.74, 6) is 0. The van der Waals surface area contributed by atoms with E-state index in [1.54, 1.807) is 40.9 Å². The molecule has 3 aliphatic rings. The molecule has 0 radical (unpaired) electrons. The van der Waals surface area contributed by atoms with Crippen molar-refractivity contribution in [3.8, 4) is 0 Å². The second-order valence-corrected chi connectivity index (χ2v) is 26.8. The third-order valence-electron chi connectivity index (χ3n) is 9.13. The van der Waals surface area contributed by atoms with Crippen molar-refractivity contribution < 1.29 is 20.3 Å². The van der Waals surface area contributed by atoms with Gasteiger partial charge in [0.2, 0.25) is 0 Å². The Morgan fingerprint density at radius 1 is 0.688 bits per heavy atom. The molecular weight excluding hydrogens is 480 g/mol. The summed E-state index contributed by atoms with van der Waals surface area (Å²) in [5, 5.41) is 3.60. The zero-order chi connectivity index (χ0) is 22.7. The van der Waals surface area contributed by atoms with E-state index in [2.05, 4.69) is 89.3 Å². The molecule has 0 amide bonds. The zero-order valence-electron chi connectivity index (χ0n) is 21.0. The molecule has 2 aromatic rings. The molecule has 32 heavy (non-hydrogen) atoms. The molecular formula is C30H40SiZr. The molecule has 4 bridgehead atoms. The Bertz CT molecular complexity index is 1030. The van der Waals surface area contributed by atoms with Crippen LogP contribution in [0.5, 0.6) is 0 Å². The first kappa shape index (κ1) is 22.8. The van der Waals surface area contributed by atoms with Crippen LogP contribution in [0.3, 0.4) is 0 Å². The number of hydrogen-bond donors (Lipinski definition) is 0. The average Bonchev–Trinajstić information content (AvgIpc) is 3.26. The predicted octanol–water partition coefficient (Wildman–Crippen LogP) is 9.43. The van der Waals surface area contributed by atoms with Crippen LogP contribution in [0.15, 0.2) is 59.7 Å². The van der Waals surface area contributed by atoms with Crippen molar-refractivity contribution in [3.05, 3.63) is 81.9 Å². The molecule has 0 nitrogen and oxygen atoms in total. The number of fused-ring (bicyclic) bond motifs is 8. The zero-order valence-corrected chi connectivity index (χ0v) is 24.5. The number of unbranched alkanes of at least 4 members (excludes halogenated alkanes) is 2. The van der Waals surface area contributed by atoms with Crippen LogP contribution in [-0.4, -0.2) is 8.07 Å². The fraction of sp³-hybridized carbons (Fsp3) is 0.467. The van der Waals surface area contributed by atoms with Crippen molar-refractivity contribution in [2.45, 2.75) is 82.0 Å². The summed E-state index contributed by atoms with van der Waals surface area (Å²) < 4.78 is 4.63. The van der Waals surface area contributed by atoms with E-state index in [-0.39, 0.29) is 0 Å². The van der Waals surface area contributed by atoms with Crippen LogP contribution < -0.4 is 0 Å². The molecule has 0 saturated carbocycles. The Labute approximate surface area is 201 Å². The summed E-state index contributed by atoms with van der Waals surface area (Å²) >= 11 is -2.81. The summed E-state index contributed by atoms with van der Waals surface area (Å²) in [6.07, 6.45) is 5.50. The van der Waals surface area contributed by atoms with E-state index in [1.165, 1.54) is 25.7 Å². The van der Waals surface area contributed by atoms with Gasteiger partial charge in [0.05, 0.1) is 0 Å². The van der Waals surface area contributed by atoms with Crippen LogP contribution in [0.1, 0.15) is 82.9 Å². The van der Waals surface area contributed by atoms with Gasteiger partial charge in [0.25, 0.3) is 0 Å². The first-order valence-corrected chi connectivity index (χ1v) is 22.3. The predicted molar refractivity (Wildman–Crippen MR) is 140 cm³/mol. The molecule has 1 aliphatic heterocycles. The quantitative estimate of drug-likeness (QED) is 0.333. The van der Waals surface area contributed by atoms with Crippen LogP contribution in [-0.2, 0) is 20.3 Å². The van der Waals surface area contributed by atoms with E-state index in [4.69, 9.17) is 0 Å². The Balaban J connectivity index is 1.89. The van der Waals surface area contributed by atoms with Gasteiger partial charge in [0.15, 0.2) is 0 Å². The molecule has 1 heterocycles. The van der Waals surface area contributed by atoms with Gasteiger partial charge >= 0.3 is 203 Å². The van der Waals surface area contributed by atoms with Crippen LogP contribution in [0, 0.1) is 0 Å². The Hall–Kier alpha value is -0.980. The monoisotopic (exact) mass is 518 g/mol. The second kappa shape index (κ2) is 8.35. The molecule has 0 N–H and O–H groups in total. The summed E-state index contributed by atoms with van der Waals surface area (Å²) in [6.45, 7) is 15.3. The third kappa shape index (κ3) is 3.01. The van der Waals surface area contributed by atoms with Gasteiger partial charge in [-0.15, -0.1) is 0 Å². The van der Waals surface area contributed by atoms with E-state index in [1.807, 2.05) is 11.1 Å². The first-order chi connectivity index (χ1) is 15.4. The topological polar surface area (TPSA) is 0 Å². The molecule has 0 spiro atoms. The Morgan fingerprint density at radius 2 is 1.09 bits per heavy atom.